The van der Waals surface area contributed by atoms with Crippen LogP contribution in [-0.4, -0.2) is 34.0 Å². The maximum atomic E-state index is 10.3. The van der Waals surface area contributed by atoms with E-state index in [0.717, 1.165) is 46.1 Å². The van der Waals surface area contributed by atoms with E-state index in [2.05, 4.69) is 21.3 Å². The van der Waals surface area contributed by atoms with Crippen LogP contribution in [0, 0.1) is 0 Å². The molecule has 5 rings (SSSR count). The monoisotopic (exact) mass is 431 g/mol. The highest BCUT2D eigenvalue weighted by molar-refractivity contribution is 6.40. The highest BCUT2D eigenvalue weighted by atomic mass is 35.5. The zero-order valence-electron chi connectivity index (χ0n) is 17.3. The predicted octanol–water partition coefficient (Wildman–Crippen LogP) is 4.87. The lowest BCUT2D eigenvalue weighted by atomic mass is 9.98. The van der Waals surface area contributed by atoms with Crippen molar-refractivity contribution < 1.29 is 5.11 Å². The molecule has 0 atom stereocenters. The molecule has 0 saturated carbocycles. The second-order valence-corrected chi connectivity index (χ2v) is 8.54. The number of hydrogen-bond acceptors (Lipinski definition) is 6. The van der Waals surface area contributed by atoms with Crippen LogP contribution in [0.1, 0.15) is 30.5 Å². The SMILES string of the molecule is CC(C)(O)c1cccc(Nc2ncc3c(n2)N2CCN=C2C(c2ccccc2Cl)=C3)c1. The summed E-state index contributed by atoms with van der Waals surface area (Å²) < 4.78 is 0. The lowest BCUT2D eigenvalue weighted by Crippen LogP contribution is -2.32. The fourth-order valence-electron chi connectivity index (χ4n) is 3.85. The van der Waals surface area contributed by atoms with Crippen molar-refractivity contribution in [2.45, 2.75) is 19.4 Å². The molecule has 156 valence electrons. The van der Waals surface area contributed by atoms with Crippen LogP contribution >= 0.6 is 11.6 Å². The molecule has 1 aromatic heterocycles. The van der Waals surface area contributed by atoms with Crippen LogP contribution in [0.4, 0.5) is 17.5 Å². The van der Waals surface area contributed by atoms with Gasteiger partial charge in [0, 0.05) is 40.2 Å². The van der Waals surface area contributed by atoms with Crippen molar-refractivity contribution in [1.82, 2.24) is 9.97 Å². The number of benzene rings is 2. The Hall–Kier alpha value is -3.22. The Morgan fingerprint density at radius 2 is 1.97 bits per heavy atom. The summed E-state index contributed by atoms with van der Waals surface area (Å²) >= 11 is 6.46. The maximum absolute atomic E-state index is 10.3. The molecule has 3 heterocycles. The summed E-state index contributed by atoms with van der Waals surface area (Å²) in [6, 6.07) is 15.4. The summed E-state index contributed by atoms with van der Waals surface area (Å²) in [5.74, 6) is 2.20. The minimum absolute atomic E-state index is 0.493. The van der Waals surface area contributed by atoms with Crippen molar-refractivity contribution >= 4 is 46.5 Å². The standard InChI is InChI=1S/C24H22ClN5O/c1-24(2,31)16-6-5-7-17(13-16)28-23-27-14-15-12-19(18-8-3-4-9-20(18)25)22-26-10-11-30(22)21(15)29-23/h3-9,12-14,31H,10-11H2,1-2H3,(H,27,28,29). The number of hydrogen-bond donors (Lipinski definition) is 2. The number of nitrogens with one attached hydrogen (secondary N) is 1. The van der Waals surface area contributed by atoms with Crippen LogP contribution in [0.2, 0.25) is 5.02 Å². The van der Waals surface area contributed by atoms with Gasteiger partial charge in [0.05, 0.1) is 12.1 Å². The number of rotatable bonds is 4. The number of halogens is 1. The quantitative estimate of drug-likeness (QED) is 0.616. The highest BCUT2D eigenvalue weighted by Crippen LogP contribution is 2.37. The van der Waals surface area contributed by atoms with Gasteiger partial charge in [-0.3, -0.25) is 4.99 Å². The molecule has 31 heavy (non-hydrogen) atoms. The summed E-state index contributed by atoms with van der Waals surface area (Å²) in [7, 11) is 0. The number of fused-ring (bicyclic) bond motifs is 3. The van der Waals surface area contributed by atoms with Crippen LogP contribution in [0.3, 0.4) is 0 Å². The van der Waals surface area contributed by atoms with Gasteiger partial charge in [0.15, 0.2) is 0 Å². The molecule has 0 saturated heterocycles. The molecule has 0 amide bonds. The number of anilines is 3. The van der Waals surface area contributed by atoms with Crippen LogP contribution in [0.25, 0.3) is 11.6 Å². The third kappa shape index (κ3) is 3.69. The fraction of sp³-hybridized carbons (Fsp3) is 0.208. The van der Waals surface area contributed by atoms with Gasteiger partial charge in [0.25, 0.3) is 0 Å². The number of amidine groups is 1. The van der Waals surface area contributed by atoms with Gasteiger partial charge in [-0.25, -0.2) is 4.98 Å². The third-order valence-corrected chi connectivity index (χ3v) is 5.75. The Morgan fingerprint density at radius 1 is 1.13 bits per heavy atom. The average molecular weight is 432 g/mol. The topological polar surface area (TPSA) is 73.6 Å². The Bertz CT molecular complexity index is 1230. The zero-order chi connectivity index (χ0) is 21.6. The fourth-order valence-corrected chi connectivity index (χ4v) is 4.09. The van der Waals surface area contributed by atoms with Crippen molar-refractivity contribution in [3.8, 4) is 0 Å². The summed E-state index contributed by atoms with van der Waals surface area (Å²) in [4.78, 5) is 16.1. The van der Waals surface area contributed by atoms with Crippen molar-refractivity contribution in [3.05, 3.63) is 76.4 Å². The van der Waals surface area contributed by atoms with Crippen molar-refractivity contribution in [2.75, 3.05) is 23.3 Å². The molecule has 0 fully saturated rings. The molecule has 6 nitrogen and oxygen atoms in total. The van der Waals surface area contributed by atoms with Crippen LogP contribution in [0.5, 0.6) is 0 Å². The molecule has 2 N–H and O–H groups in total. The van der Waals surface area contributed by atoms with Gasteiger partial charge < -0.3 is 15.3 Å². The van der Waals surface area contributed by atoms with E-state index in [4.69, 9.17) is 21.6 Å². The Balaban J connectivity index is 1.52. The normalized spacial score (nSPS) is 15.2. The molecule has 0 spiro atoms. The molecule has 2 aromatic carbocycles. The number of aliphatic imine (C=N–C) groups is 1. The minimum Gasteiger partial charge on any atom is -0.386 e. The van der Waals surface area contributed by atoms with Gasteiger partial charge >= 0.3 is 0 Å². The number of nitrogens with zero attached hydrogens (tertiary/aromatic N) is 4. The third-order valence-electron chi connectivity index (χ3n) is 5.42. The molecule has 3 aromatic rings. The Kier molecular flexibility index (Phi) is 4.76. The van der Waals surface area contributed by atoms with E-state index >= 15 is 0 Å². The summed E-state index contributed by atoms with van der Waals surface area (Å²) in [5, 5.41) is 14.2. The van der Waals surface area contributed by atoms with Crippen molar-refractivity contribution in [1.29, 1.82) is 0 Å². The lowest BCUT2D eigenvalue weighted by Gasteiger charge is -2.28. The van der Waals surface area contributed by atoms with Gasteiger partial charge in [-0.2, -0.15) is 4.98 Å². The molecular formula is C24H22ClN5O. The number of aliphatic hydroxyl groups is 1. The lowest BCUT2D eigenvalue weighted by molar-refractivity contribution is 0.0786. The summed E-state index contributed by atoms with van der Waals surface area (Å²) in [6.45, 7) is 4.99. The van der Waals surface area contributed by atoms with Crippen LogP contribution in [0.15, 0.2) is 59.7 Å². The van der Waals surface area contributed by atoms with E-state index in [1.54, 1.807) is 13.8 Å². The van der Waals surface area contributed by atoms with E-state index in [1.807, 2.05) is 54.7 Å². The van der Waals surface area contributed by atoms with E-state index in [-0.39, 0.29) is 0 Å². The maximum Gasteiger partial charge on any atom is 0.229 e. The van der Waals surface area contributed by atoms with Gasteiger partial charge in [0.2, 0.25) is 5.95 Å². The molecular weight excluding hydrogens is 410 g/mol. The average Bonchev–Trinajstić information content (AvgIpc) is 3.24. The Morgan fingerprint density at radius 3 is 2.77 bits per heavy atom. The van der Waals surface area contributed by atoms with Gasteiger partial charge in [-0.05, 0) is 43.7 Å². The smallest absolute Gasteiger partial charge is 0.229 e. The van der Waals surface area contributed by atoms with E-state index in [9.17, 15) is 5.11 Å². The second-order valence-electron chi connectivity index (χ2n) is 8.13. The highest BCUT2D eigenvalue weighted by Gasteiger charge is 2.31. The van der Waals surface area contributed by atoms with Crippen molar-refractivity contribution in [2.24, 2.45) is 4.99 Å². The molecule has 2 aliphatic rings. The molecule has 0 aliphatic carbocycles. The molecule has 0 radical (unpaired) electrons. The van der Waals surface area contributed by atoms with E-state index in [1.165, 1.54) is 0 Å². The van der Waals surface area contributed by atoms with Crippen molar-refractivity contribution in [3.63, 3.8) is 0 Å². The van der Waals surface area contributed by atoms with Crippen LogP contribution in [-0.2, 0) is 5.60 Å². The molecule has 0 bridgehead atoms. The molecule has 2 aliphatic heterocycles. The zero-order valence-corrected chi connectivity index (χ0v) is 18.1. The molecule has 7 heteroatoms. The summed E-state index contributed by atoms with van der Waals surface area (Å²) in [5.41, 5.74) is 3.57. The Labute approximate surface area is 186 Å². The summed E-state index contributed by atoms with van der Waals surface area (Å²) in [6.07, 6.45) is 3.87. The van der Waals surface area contributed by atoms with E-state index < -0.39 is 5.60 Å². The van der Waals surface area contributed by atoms with Gasteiger partial charge in [-0.1, -0.05) is 41.9 Å². The number of aromatic nitrogens is 2. The largest absolute Gasteiger partial charge is 0.386 e. The van der Waals surface area contributed by atoms with Gasteiger partial charge in [0.1, 0.15) is 11.7 Å². The van der Waals surface area contributed by atoms with E-state index in [0.29, 0.717) is 17.5 Å². The first-order valence-electron chi connectivity index (χ1n) is 10.2. The van der Waals surface area contributed by atoms with Crippen LogP contribution < -0.4 is 10.2 Å². The first-order chi connectivity index (χ1) is 14.9. The molecule has 0 unspecified atom stereocenters. The second kappa shape index (κ2) is 7.48. The first-order valence-corrected chi connectivity index (χ1v) is 10.5. The van der Waals surface area contributed by atoms with Gasteiger partial charge in [-0.15, -0.1) is 0 Å². The first kappa shape index (κ1) is 19.7. The minimum atomic E-state index is -0.921. The predicted molar refractivity (Wildman–Crippen MR) is 126 cm³/mol.